The molecule has 0 aliphatic carbocycles. The molecule has 1 atom stereocenters. The van der Waals surface area contributed by atoms with Crippen LogP contribution < -0.4 is 8.91 Å². The van der Waals surface area contributed by atoms with E-state index in [4.69, 9.17) is 4.55 Å². The molecule has 0 aliphatic heterocycles. The van der Waals surface area contributed by atoms with Crippen molar-refractivity contribution in [3.8, 4) is 11.5 Å². The average molecular weight is 373 g/mol. The van der Waals surface area contributed by atoms with Crippen LogP contribution in [-0.2, 0) is 10.4 Å². The number of pyridine rings is 1. The number of rotatable bonds is 5. The number of hydrogen-bond donors (Lipinski definition) is 2. The second-order valence-corrected chi connectivity index (χ2v) is 6.58. The smallest absolute Gasteiger partial charge is 0.446 e. The van der Waals surface area contributed by atoms with Gasteiger partial charge >= 0.3 is 10.4 Å². The lowest BCUT2D eigenvalue weighted by Crippen LogP contribution is -2.33. The summed E-state index contributed by atoms with van der Waals surface area (Å²) in [4.78, 5) is 0. The molecule has 0 saturated heterocycles. The van der Waals surface area contributed by atoms with E-state index in [-0.39, 0.29) is 11.5 Å². The highest BCUT2D eigenvalue weighted by molar-refractivity contribution is 7.81. The van der Waals surface area contributed by atoms with Crippen molar-refractivity contribution in [1.82, 2.24) is 0 Å². The molecule has 1 unspecified atom stereocenters. The van der Waals surface area contributed by atoms with Gasteiger partial charge in [-0.15, -0.1) is 0 Å². The minimum atomic E-state index is -4.61. The van der Waals surface area contributed by atoms with E-state index < -0.39 is 16.3 Å². The second kappa shape index (κ2) is 7.03. The van der Waals surface area contributed by atoms with Crippen molar-refractivity contribution in [2.24, 2.45) is 0 Å². The highest BCUT2D eigenvalue weighted by Gasteiger charge is 2.24. The van der Waals surface area contributed by atoms with E-state index in [0.29, 0.717) is 11.3 Å². The Morgan fingerprint density at radius 1 is 0.923 bits per heavy atom. The van der Waals surface area contributed by atoms with Gasteiger partial charge in [-0.05, 0) is 41.5 Å². The van der Waals surface area contributed by atoms with Crippen LogP contribution >= 0.6 is 0 Å². The molecular formula is C18H15NO6S. The summed E-state index contributed by atoms with van der Waals surface area (Å²) in [7, 11) is -4.61. The van der Waals surface area contributed by atoms with Crippen molar-refractivity contribution in [3.05, 3.63) is 95.0 Å². The standard InChI is InChI=1S/C18H15NO6S/c20-15-8-4-13(5-9-15)18(17-3-1-2-12-19(17)21)14-6-10-16(11-7-14)25-26(22,23)24/h1-12,18,20H,(H,22,23,24). The number of phenols is 1. The van der Waals surface area contributed by atoms with Gasteiger partial charge in [0.15, 0.2) is 6.20 Å². The van der Waals surface area contributed by atoms with Crippen LogP contribution in [0.5, 0.6) is 11.5 Å². The summed E-state index contributed by atoms with van der Waals surface area (Å²) >= 11 is 0. The lowest BCUT2D eigenvalue weighted by molar-refractivity contribution is -0.614. The van der Waals surface area contributed by atoms with Crippen LogP contribution in [0.3, 0.4) is 0 Å². The summed E-state index contributed by atoms with van der Waals surface area (Å²) in [5.41, 5.74) is 1.93. The van der Waals surface area contributed by atoms with Crippen molar-refractivity contribution in [2.75, 3.05) is 0 Å². The van der Waals surface area contributed by atoms with Crippen LogP contribution in [0.2, 0.25) is 0 Å². The molecule has 1 heterocycles. The molecule has 7 nitrogen and oxygen atoms in total. The van der Waals surface area contributed by atoms with E-state index in [2.05, 4.69) is 4.18 Å². The molecule has 3 rings (SSSR count). The minimum Gasteiger partial charge on any atom is -0.618 e. The largest absolute Gasteiger partial charge is 0.618 e. The van der Waals surface area contributed by atoms with Crippen molar-refractivity contribution >= 4 is 10.4 Å². The molecule has 0 spiro atoms. The molecule has 8 heteroatoms. The monoisotopic (exact) mass is 373 g/mol. The predicted molar refractivity (Wildman–Crippen MR) is 93.1 cm³/mol. The number of hydrogen-bond acceptors (Lipinski definition) is 5. The molecule has 134 valence electrons. The second-order valence-electron chi connectivity index (χ2n) is 5.56. The van der Waals surface area contributed by atoms with Crippen molar-refractivity contribution < 1.29 is 27.0 Å². The van der Waals surface area contributed by atoms with Gasteiger partial charge in [-0.3, -0.25) is 4.55 Å². The highest BCUT2D eigenvalue weighted by Crippen LogP contribution is 2.32. The summed E-state index contributed by atoms with van der Waals surface area (Å²) in [6.45, 7) is 0. The first-order valence-electron chi connectivity index (χ1n) is 7.57. The van der Waals surface area contributed by atoms with Gasteiger partial charge in [-0.2, -0.15) is 13.1 Å². The van der Waals surface area contributed by atoms with E-state index in [1.54, 1.807) is 42.5 Å². The number of aromatic hydroxyl groups is 1. The first-order valence-corrected chi connectivity index (χ1v) is 8.94. The van der Waals surface area contributed by atoms with Crippen LogP contribution in [0.15, 0.2) is 72.9 Å². The van der Waals surface area contributed by atoms with E-state index in [0.717, 1.165) is 10.3 Å². The molecule has 0 radical (unpaired) electrons. The zero-order valence-corrected chi connectivity index (χ0v) is 14.2. The third-order valence-electron chi connectivity index (χ3n) is 3.79. The Morgan fingerprint density at radius 2 is 1.50 bits per heavy atom. The van der Waals surface area contributed by atoms with Crippen molar-refractivity contribution in [3.63, 3.8) is 0 Å². The van der Waals surface area contributed by atoms with Crippen LogP contribution in [0.4, 0.5) is 0 Å². The number of nitrogens with zero attached hydrogens (tertiary/aromatic N) is 1. The number of benzene rings is 2. The Kier molecular flexibility index (Phi) is 4.79. The van der Waals surface area contributed by atoms with Gasteiger partial charge in [0.25, 0.3) is 0 Å². The normalized spacial score (nSPS) is 12.5. The van der Waals surface area contributed by atoms with Gasteiger partial charge in [0.2, 0.25) is 5.69 Å². The molecule has 2 N–H and O–H groups in total. The topological polar surface area (TPSA) is 111 Å². The molecule has 0 amide bonds. The van der Waals surface area contributed by atoms with Crippen LogP contribution in [-0.4, -0.2) is 18.1 Å². The SMILES string of the molecule is O=S(=O)(O)Oc1ccc(C(c2ccc(O)cc2)c2cccc[n+]2[O-])cc1. The molecule has 0 bridgehead atoms. The Labute approximate surface area is 150 Å². The molecule has 26 heavy (non-hydrogen) atoms. The molecule has 1 aromatic heterocycles. The maximum Gasteiger partial charge on any atom is 0.446 e. The molecule has 2 aromatic carbocycles. The van der Waals surface area contributed by atoms with Crippen LogP contribution in [0, 0.1) is 5.21 Å². The zero-order valence-electron chi connectivity index (χ0n) is 13.4. The first-order chi connectivity index (χ1) is 12.3. The summed E-state index contributed by atoms with van der Waals surface area (Å²) in [6, 6.07) is 17.5. The lowest BCUT2D eigenvalue weighted by Gasteiger charge is -2.18. The number of phenolic OH excluding ortho intramolecular Hbond substituents is 1. The van der Waals surface area contributed by atoms with E-state index in [1.165, 1.54) is 30.5 Å². The summed E-state index contributed by atoms with van der Waals surface area (Å²) in [5, 5.41) is 21.8. The van der Waals surface area contributed by atoms with Gasteiger partial charge in [0.1, 0.15) is 11.5 Å². The van der Waals surface area contributed by atoms with Gasteiger partial charge in [0, 0.05) is 12.1 Å². The van der Waals surface area contributed by atoms with Gasteiger partial charge < -0.3 is 14.5 Å². The fourth-order valence-corrected chi connectivity index (χ4v) is 3.06. The third kappa shape index (κ3) is 4.11. The number of aromatic nitrogens is 1. The lowest BCUT2D eigenvalue weighted by atomic mass is 9.88. The van der Waals surface area contributed by atoms with Crippen LogP contribution in [0.1, 0.15) is 22.7 Å². The van der Waals surface area contributed by atoms with Gasteiger partial charge in [0.05, 0.1) is 5.92 Å². The fourth-order valence-electron chi connectivity index (χ4n) is 2.70. The van der Waals surface area contributed by atoms with Crippen molar-refractivity contribution in [2.45, 2.75) is 5.92 Å². The Hall–Kier alpha value is -3.10. The molecule has 3 aromatic rings. The van der Waals surface area contributed by atoms with E-state index >= 15 is 0 Å². The van der Waals surface area contributed by atoms with Gasteiger partial charge in [-0.25, -0.2) is 0 Å². The zero-order chi connectivity index (χ0) is 18.7. The maximum atomic E-state index is 12.3. The molecule has 0 aliphatic rings. The third-order valence-corrected chi connectivity index (χ3v) is 4.19. The molecular weight excluding hydrogens is 358 g/mol. The molecule has 0 fully saturated rings. The first kappa shape index (κ1) is 17.7. The highest BCUT2D eigenvalue weighted by atomic mass is 32.3. The quantitative estimate of drug-likeness (QED) is 0.404. The predicted octanol–water partition coefficient (Wildman–Crippen LogP) is 2.39. The Balaban J connectivity index is 2.06. The summed E-state index contributed by atoms with van der Waals surface area (Å²) in [6.07, 6.45) is 1.39. The van der Waals surface area contributed by atoms with Gasteiger partial charge in [-0.1, -0.05) is 24.3 Å². The summed E-state index contributed by atoms with van der Waals surface area (Å²) < 4.78 is 35.5. The van der Waals surface area contributed by atoms with Crippen LogP contribution in [0.25, 0.3) is 0 Å². The fraction of sp³-hybridized carbons (Fsp3) is 0.0556. The maximum absolute atomic E-state index is 12.3. The Bertz CT molecular complexity index is 1000. The van der Waals surface area contributed by atoms with Crippen molar-refractivity contribution in [1.29, 1.82) is 0 Å². The average Bonchev–Trinajstić information content (AvgIpc) is 2.58. The summed E-state index contributed by atoms with van der Waals surface area (Å²) in [5.74, 6) is -0.398. The molecule has 0 saturated carbocycles. The van der Waals surface area contributed by atoms with E-state index in [9.17, 15) is 18.7 Å². The van der Waals surface area contributed by atoms with E-state index in [1.807, 2.05) is 0 Å². The Morgan fingerprint density at radius 3 is 2.04 bits per heavy atom. The minimum absolute atomic E-state index is 0.0521.